The van der Waals surface area contributed by atoms with Gasteiger partial charge in [0.15, 0.2) is 0 Å². The fourth-order valence-corrected chi connectivity index (χ4v) is 1.57. The lowest BCUT2D eigenvalue weighted by Crippen LogP contribution is -2.12. The van der Waals surface area contributed by atoms with Gasteiger partial charge in [-0.2, -0.15) is 0 Å². The van der Waals surface area contributed by atoms with Crippen LogP contribution in [-0.2, 0) is 0 Å². The van der Waals surface area contributed by atoms with Crippen molar-refractivity contribution in [3.8, 4) is 5.69 Å². The lowest BCUT2D eigenvalue weighted by molar-refractivity contribution is 0.626. The summed E-state index contributed by atoms with van der Waals surface area (Å²) in [6.45, 7) is 1.80. The largest absolute Gasteiger partial charge is 0.388 e. The van der Waals surface area contributed by atoms with Gasteiger partial charge in [-0.1, -0.05) is 17.4 Å². The zero-order chi connectivity index (χ0) is 11.7. The molecule has 0 aliphatic rings. The molecule has 82 valence electrons. The normalized spacial score (nSPS) is 10.4. The van der Waals surface area contributed by atoms with E-state index in [0.717, 1.165) is 5.69 Å². The molecule has 1 aromatic heterocycles. The van der Waals surface area contributed by atoms with Gasteiger partial charge in [-0.05, 0) is 31.2 Å². The highest BCUT2D eigenvalue weighted by atomic mass is 32.1. The Hall–Kier alpha value is -1.82. The van der Waals surface area contributed by atoms with Gasteiger partial charge in [-0.15, -0.1) is 5.10 Å². The van der Waals surface area contributed by atoms with Crippen LogP contribution in [0.3, 0.4) is 0 Å². The minimum absolute atomic E-state index is 0.200. The quantitative estimate of drug-likeness (QED) is 0.800. The molecule has 0 saturated carbocycles. The van der Waals surface area contributed by atoms with E-state index in [4.69, 9.17) is 18.0 Å². The van der Waals surface area contributed by atoms with E-state index in [9.17, 15) is 4.39 Å². The van der Waals surface area contributed by atoms with Gasteiger partial charge in [-0.3, -0.25) is 0 Å². The number of hydrogen-bond donors (Lipinski definition) is 1. The summed E-state index contributed by atoms with van der Waals surface area (Å²) in [5.74, 6) is -0.295. The van der Waals surface area contributed by atoms with Crippen molar-refractivity contribution in [1.29, 1.82) is 0 Å². The average molecular weight is 236 g/mol. The third-order valence-corrected chi connectivity index (χ3v) is 2.39. The van der Waals surface area contributed by atoms with Gasteiger partial charge in [0.2, 0.25) is 0 Å². The molecule has 2 aromatic rings. The molecule has 4 nitrogen and oxygen atoms in total. The summed E-state index contributed by atoms with van der Waals surface area (Å²) in [4.78, 5) is 0.200. The number of nitrogens with two attached hydrogens (primary N) is 1. The van der Waals surface area contributed by atoms with E-state index in [2.05, 4.69) is 10.3 Å². The van der Waals surface area contributed by atoms with E-state index >= 15 is 0 Å². The van der Waals surface area contributed by atoms with Gasteiger partial charge in [0, 0.05) is 0 Å². The predicted molar refractivity (Wildman–Crippen MR) is 61.9 cm³/mol. The van der Waals surface area contributed by atoms with Gasteiger partial charge in [-0.25, -0.2) is 9.07 Å². The van der Waals surface area contributed by atoms with Crippen molar-refractivity contribution in [2.24, 2.45) is 5.73 Å². The summed E-state index contributed by atoms with van der Waals surface area (Å²) in [6, 6.07) is 5.94. The van der Waals surface area contributed by atoms with Crippen LogP contribution in [0.15, 0.2) is 24.3 Å². The number of hydrogen-bond acceptors (Lipinski definition) is 3. The number of rotatable bonds is 2. The van der Waals surface area contributed by atoms with Crippen LogP contribution in [0.2, 0.25) is 0 Å². The van der Waals surface area contributed by atoms with Gasteiger partial charge in [0.25, 0.3) is 0 Å². The highest BCUT2D eigenvalue weighted by molar-refractivity contribution is 7.80. The standard InChI is InChI=1S/C10H9FN4S/c1-6-9(10(12)16)13-14-15(6)8-4-2-7(11)3-5-8/h2-5H,1H3,(H2,12,16). The van der Waals surface area contributed by atoms with Crippen LogP contribution >= 0.6 is 12.2 Å². The topological polar surface area (TPSA) is 56.7 Å². The molecule has 16 heavy (non-hydrogen) atoms. The maximum atomic E-state index is 12.8. The molecule has 0 aliphatic carbocycles. The van der Waals surface area contributed by atoms with Crippen LogP contribution in [0.25, 0.3) is 5.69 Å². The van der Waals surface area contributed by atoms with Gasteiger partial charge < -0.3 is 5.73 Å². The summed E-state index contributed by atoms with van der Waals surface area (Å²) in [7, 11) is 0. The van der Waals surface area contributed by atoms with E-state index < -0.39 is 0 Å². The SMILES string of the molecule is Cc1c(C(N)=S)nnn1-c1ccc(F)cc1. The molecule has 6 heteroatoms. The first-order valence-electron chi connectivity index (χ1n) is 4.57. The van der Waals surface area contributed by atoms with Crippen LogP contribution < -0.4 is 5.73 Å². The second kappa shape index (κ2) is 3.97. The predicted octanol–water partition coefficient (Wildman–Crippen LogP) is 1.35. The second-order valence-electron chi connectivity index (χ2n) is 3.28. The van der Waals surface area contributed by atoms with Gasteiger partial charge in [0.05, 0.1) is 11.4 Å². The molecular formula is C10H9FN4S. The van der Waals surface area contributed by atoms with Crippen molar-refractivity contribution in [3.63, 3.8) is 0 Å². The van der Waals surface area contributed by atoms with Gasteiger partial charge >= 0.3 is 0 Å². The smallest absolute Gasteiger partial charge is 0.143 e. The monoisotopic (exact) mass is 236 g/mol. The highest BCUT2D eigenvalue weighted by Gasteiger charge is 2.11. The van der Waals surface area contributed by atoms with E-state index in [1.807, 2.05) is 0 Å². The molecular weight excluding hydrogens is 227 g/mol. The zero-order valence-corrected chi connectivity index (χ0v) is 9.33. The number of halogens is 1. The summed E-state index contributed by atoms with van der Waals surface area (Å²) < 4.78 is 14.3. The molecule has 0 saturated heterocycles. The van der Waals surface area contributed by atoms with Crippen molar-refractivity contribution >= 4 is 17.2 Å². The summed E-state index contributed by atoms with van der Waals surface area (Å²) >= 11 is 4.84. The number of aromatic nitrogens is 3. The Morgan fingerprint density at radius 2 is 2.00 bits per heavy atom. The minimum atomic E-state index is -0.295. The summed E-state index contributed by atoms with van der Waals surface area (Å²) in [6.07, 6.45) is 0. The van der Waals surface area contributed by atoms with Crippen molar-refractivity contribution < 1.29 is 4.39 Å². The number of thiocarbonyl (C=S) groups is 1. The Balaban J connectivity index is 2.49. The number of benzene rings is 1. The first-order chi connectivity index (χ1) is 7.59. The molecule has 0 fully saturated rings. The Morgan fingerprint density at radius 1 is 1.38 bits per heavy atom. The van der Waals surface area contributed by atoms with Crippen molar-refractivity contribution in [3.05, 3.63) is 41.5 Å². The van der Waals surface area contributed by atoms with E-state index in [0.29, 0.717) is 11.4 Å². The lowest BCUT2D eigenvalue weighted by Gasteiger charge is -2.02. The first kappa shape index (κ1) is 10.7. The van der Waals surface area contributed by atoms with Gasteiger partial charge in [0.1, 0.15) is 16.5 Å². The molecule has 1 aromatic carbocycles. The minimum Gasteiger partial charge on any atom is -0.388 e. The fraction of sp³-hybridized carbons (Fsp3) is 0.100. The van der Waals surface area contributed by atoms with Crippen LogP contribution in [0.4, 0.5) is 4.39 Å². The highest BCUT2D eigenvalue weighted by Crippen LogP contribution is 2.12. The molecule has 0 spiro atoms. The molecule has 0 atom stereocenters. The molecule has 0 unspecified atom stereocenters. The molecule has 0 radical (unpaired) electrons. The molecule has 0 amide bonds. The van der Waals surface area contributed by atoms with E-state index in [1.165, 1.54) is 12.1 Å². The first-order valence-corrected chi connectivity index (χ1v) is 4.98. The Morgan fingerprint density at radius 3 is 2.50 bits per heavy atom. The van der Waals surface area contributed by atoms with E-state index in [-0.39, 0.29) is 10.8 Å². The fourth-order valence-electron chi connectivity index (χ4n) is 1.38. The molecule has 1 heterocycles. The van der Waals surface area contributed by atoms with Crippen LogP contribution in [0.5, 0.6) is 0 Å². The Kier molecular flexibility index (Phi) is 2.66. The molecule has 0 bridgehead atoms. The van der Waals surface area contributed by atoms with Crippen molar-refractivity contribution in [2.75, 3.05) is 0 Å². The number of nitrogens with zero attached hydrogens (tertiary/aromatic N) is 3. The van der Waals surface area contributed by atoms with Crippen molar-refractivity contribution in [1.82, 2.24) is 15.0 Å². The lowest BCUT2D eigenvalue weighted by atomic mass is 10.3. The zero-order valence-electron chi connectivity index (χ0n) is 8.51. The van der Waals surface area contributed by atoms with Crippen molar-refractivity contribution in [2.45, 2.75) is 6.92 Å². The molecule has 2 N–H and O–H groups in total. The summed E-state index contributed by atoms with van der Waals surface area (Å²) in [5.41, 5.74) is 7.42. The third-order valence-electron chi connectivity index (χ3n) is 2.20. The Bertz CT molecular complexity index is 532. The van der Waals surface area contributed by atoms with E-state index in [1.54, 1.807) is 23.7 Å². The maximum absolute atomic E-state index is 12.8. The average Bonchev–Trinajstić information content (AvgIpc) is 2.61. The molecule has 2 rings (SSSR count). The second-order valence-corrected chi connectivity index (χ2v) is 3.72. The summed E-state index contributed by atoms with van der Waals surface area (Å²) in [5, 5.41) is 7.78. The maximum Gasteiger partial charge on any atom is 0.143 e. The third kappa shape index (κ3) is 1.79. The van der Waals surface area contributed by atoms with Crippen LogP contribution in [0.1, 0.15) is 11.4 Å². The Labute approximate surface area is 96.9 Å². The van der Waals surface area contributed by atoms with Crippen LogP contribution in [-0.4, -0.2) is 20.0 Å². The van der Waals surface area contributed by atoms with Crippen LogP contribution in [0, 0.1) is 12.7 Å². The molecule has 0 aliphatic heterocycles.